The van der Waals surface area contributed by atoms with E-state index < -0.39 is 5.41 Å². The summed E-state index contributed by atoms with van der Waals surface area (Å²) in [5.74, 6) is 0.453. The zero-order valence-electron chi connectivity index (χ0n) is 29.3. The average Bonchev–Trinajstić information content (AvgIpc) is 3.56. The maximum atomic E-state index is 2.52. The largest absolute Gasteiger partial charge is 0.309 e. The number of benzene rings is 7. The summed E-state index contributed by atoms with van der Waals surface area (Å²) in [6.07, 6.45) is 5.85. The van der Waals surface area contributed by atoms with Gasteiger partial charge in [0.05, 0.1) is 16.4 Å². The Morgan fingerprint density at radius 2 is 1.26 bits per heavy atom. The average molecular weight is 714 g/mol. The molecule has 2 atom stereocenters. The molecule has 0 saturated carbocycles. The van der Waals surface area contributed by atoms with E-state index in [4.69, 9.17) is 0 Å². The van der Waals surface area contributed by atoms with Crippen molar-refractivity contribution in [1.29, 1.82) is 0 Å². The lowest BCUT2D eigenvalue weighted by molar-refractivity contribution is 0.579. The van der Waals surface area contributed by atoms with Crippen LogP contribution < -0.4 is 0 Å². The number of hydrogen-bond donors (Lipinski definition) is 0. The quantitative estimate of drug-likeness (QED) is 0.180. The van der Waals surface area contributed by atoms with Crippen LogP contribution in [0.25, 0.3) is 49.7 Å². The Balaban J connectivity index is 1.26. The summed E-state index contributed by atoms with van der Waals surface area (Å²) >= 11 is 3.90. The van der Waals surface area contributed by atoms with Gasteiger partial charge in [0.1, 0.15) is 0 Å². The van der Waals surface area contributed by atoms with Crippen LogP contribution in [0.1, 0.15) is 30.0 Å². The van der Waals surface area contributed by atoms with Gasteiger partial charge in [-0.15, -0.1) is 0 Å². The monoisotopic (exact) mass is 713 g/mol. The predicted octanol–water partition coefficient (Wildman–Crippen LogP) is 13.9. The van der Waals surface area contributed by atoms with Crippen LogP contribution in [0.3, 0.4) is 0 Å². The minimum atomic E-state index is -0.438. The molecule has 3 heterocycles. The summed E-state index contributed by atoms with van der Waals surface area (Å²) in [6.45, 7) is 2.37. The van der Waals surface area contributed by atoms with Gasteiger partial charge in [0.25, 0.3) is 0 Å². The van der Waals surface area contributed by atoms with Crippen LogP contribution in [0.2, 0.25) is 0 Å². The molecule has 0 saturated heterocycles. The highest BCUT2D eigenvalue weighted by Crippen LogP contribution is 2.64. The summed E-state index contributed by atoms with van der Waals surface area (Å²) in [5.41, 5.74) is 14.0. The van der Waals surface area contributed by atoms with Crippen molar-refractivity contribution in [3.8, 4) is 27.9 Å². The summed E-state index contributed by atoms with van der Waals surface area (Å²) in [6, 6.07) is 61.1. The second-order valence-electron chi connectivity index (χ2n) is 14.5. The van der Waals surface area contributed by atoms with Crippen molar-refractivity contribution in [2.24, 2.45) is 5.92 Å². The van der Waals surface area contributed by atoms with Crippen molar-refractivity contribution in [3.63, 3.8) is 0 Å². The van der Waals surface area contributed by atoms with E-state index in [2.05, 4.69) is 187 Å². The molecule has 11 rings (SSSR count). The van der Waals surface area contributed by atoms with Gasteiger partial charge in [0.2, 0.25) is 0 Å². The smallest absolute Gasteiger partial charge is 0.0708 e. The molecule has 53 heavy (non-hydrogen) atoms. The van der Waals surface area contributed by atoms with Crippen LogP contribution in [0.5, 0.6) is 0 Å². The van der Waals surface area contributed by atoms with Crippen LogP contribution in [0, 0.1) is 5.92 Å². The van der Waals surface area contributed by atoms with E-state index in [1.807, 2.05) is 23.5 Å². The van der Waals surface area contributed by atoms with Gasteiger partial charge in [-0.05, 0) is 87.7 Å². The van der Waals surface area contributed by atoms with E-state index in [1.165, 1.54) is 91.6 Å². The van der Waals surface area contributed by atoms with Crippen LogP contribution in [0.15, 0.2) is 201 Å². The molecule has 3 aliphatic rings. The van der Waals surface area contributed by atoms with Gasteiger partial charge < -0.3 is 4.57 Å². The molecule has 3 heteroatoms. The first kappa shape index (κ1) is 31.1. The number of nitrogens with zero attached hydrogens (tertiary/aromatic N) is 1. The van der Waals surface area contributed by atoms with Gasteiger partial charge >= 0.3 is 0 Å². The zero-order valence-corrected chi connectivity index (χ0v) is 30.9. The highest BCUT2D eigenvalue weighted by atomic mass is 32.2. The number of hydrogen-bond acceptors (Lipinski definition) is 2. The topological polar surface area (TPSA) is 4.93 Å². The van der Waals surface area contributed by atoms with Gasteiger partial charge in [0.15, 0.2) is 0 Å². The highest BCUT2D eigenvalue weighted by molar-refractivity contribution is 8.03. The van der Waals surface area contributed by atoms with E-state index in [9.17, 15) is 0 Å². The molecule has 1 spiro atoms. The lowest BCUT2D eigenvalue weighted by Gasteiger charge is -2.48. The van der Waals surface area contributed by atoms with Crippen molar-refractivity contribution >= 4 is 45.3 Å². The molecule has 1 nitrogen and oxygen atoms in total. The first-order chi connectivity index (χ1) is 26.2. The Morgan fingerprint density at radius 1 is 0.566 bits per heavy atom. The number of aromatic nitrogens is 1. The molecular weight excluding hydrogens is 679 g/mol. The SMILES string of the molecule is CC1C=CC2=C(C1)C1(c3ccccc3S2)c2cc(-c3ccccc3)ccc2Sc2c(-c3cccc4c5ccccc5n(-c5ccccc5)c34)cccc21. The number of thioether (sulfide) groups is 1. The fourth-order valence-electron chi connectivity index (χ4n) is 9.25. The van der Waals surface area contributed by atoms with E-state index in [-0.39, 0.29) is 0 Å². The Bertz CT molecular complexity index is 2830. The molecule has 0 N–H and O–H groups in total. The van der Waals surface area contributed by atoms with E-state index >= 15 is 0 Å². The van der Waals surface area contributed by atoms with E-state index in [1.54, 1.807) is 0 Å². The second kappa shape index (κ2) is 12.0. The number of allylic oxidation sites excluding steroid dienone is 3. The molecule has 1 aromatic heterocycles. The zero-order chi connectivity index (χ0) is 35.1. The molecule has 7 aromatic carbocycles. The maximum Gasteiger partial charge on any atom is 0.0708 e. The van der Waals surface area contributed by atoms with Crippen LogP contribution in [0.4, 0.5) is 0 Å². The normalized spacial score (nSPS) is 18.5. The predicted molar refractivity (Wildman–Crippen MR) is 224 cm³/mol. The number of para-hydroxylation sites is 3. The van der Waals surface area contributed by atoms with Crippen LogP contribution in [-0.4, -0.2) is 4.57 Å². The van der Waals surface area contributed by atoms with Crippen molar-refractivity contribution in [2.45, 2.75) is 33.4 Å². The summed E-state index contributed by atoms with van der Waals surface area (Å²) < 4.78 is 2.48. The maximum absolute atomic E-state index is 2.52. The lowest BCUT2D eigenvalue weighted by Crippen LogP contribution is -2.38. The Kier molecular flexibility index (Phi) is 7.05. The first-order valence-electron chi connectivity index (χ1n) is 18.5. The summed E-state index contributed by atoms with van der Waals surface area (Å²) in [7, 11) is 0. The third-order valence-electron chi connectivity index (χ3n) is 11.5. The molecule has 8 aromatic rings. The van der Waals surface area contributed by atoms with Crippen molar-refractivity contribution < 1.29 is 0 Å². The molecule has 0 amide bonds. The Hall–Kier alpha value is -5.48. The van der Waals surface area contributed by atoms with Crippen molar-refractivity contribution in [3.05, 3.63) is 203 Å². The summed E-state index contributed by atoms with van der Waals surface area (Å²) in [5, 5.41) is 2.55. The fourth-order valence-corrected chi connectivity index (χ4v) is 11.8. The van der Waals surface area contributed by atoms with E-state index in [0.29, 0.717) is 5.92 Å². The minimum Gasteiger partial charge on any atom is -0.309 e. The van der Waals surface area contributed by atoms with Gasteiger partial charge in [-0.3, -0.25) is 0 Å². The van der Waals surface area contributed by atoms with Crippen LogP contribution in [-0.2, 0) is 5.41 Å². The number of fused-ring (bicyclic) bond motifs is 10. The van der Waals surface area contributed by atoms with Gasteiger partial charge in [-0.2, -0.15) is 0 Å². The third-order valence-corrected chi connectivity index (χ3v) is 13.9. The molecule has 0 bridgehead atoms. The Labute approximate surface area is 318 Å². The van der Waals surface area contributed by atoms with Gasteiger partial charge in [-0.25, -0.2) is 0 Å². The van der Waals surface area contributed by atoms with Crippen molar-refractivity contribution in [1.82, 2.24) is 4.57 Å². The molecule has 0 fully saturated rings. The molecule has 2 aliphatic heterocycles. The second-order valence-corrected chi connectivity index (χ2v) is 16.6. The van der Waals surface area contributed by atoms with E-state index in [0.717, 1.165) is 6.42 Å². The minimum absolute atomic E-state index is 0.438. The molecule has 0 radical (unpaired) electrons. The highest BCUT2D eigenvalue weighted by Gasteiger charge is 2.51. The standard InChI is InChI=1S/C50H35NS2/c1-32-26-28-46-42(30-32)50(40-22-9-11-25-45(40)52-46)41-23-13-21-39(49(41)53-47-29-27-34(31-43(47)50)33-14-4-2-5-15-33)38-20-12-19-37-36-18-8-10-24-44(36)51(48(37)38)35-16-6-3-7-17-35/h2-29,31-32H,30H2,1H3. The fraction of sp³-hybridized carbons (Fsp3) is 0.0800. The molecule has 2 unspecified atom stereocenters. The lowest BCUT2D eigenvalue weighted by atomic mass is 9.61. The van der Waals surface area contributed by atoms with Gasteiger partial charge in [-0.1, -0.05) is 170 Å². The third kappa shape index (κ3) is 4.54. The van der Waals surface area contributed by atoms with Crippen molar-refractivity contribution in [2.75, 3.05) is 0 Å². The Morgan fingerprint density at radius 3 is 2.15 bits per heavy atom. The summed E-state index contributed by atoms with van der Waals surface area (Å²) in [4.78, 5) is 5.42. The first-order valence-corrected chi connectivity index (χ1v) is 20.1. The molecular formula is C50H35NS2. The molecule has 252 valence electrons. The molecule has 1 aliphatic carbocycles. The van der Waals surface area contributed by atoms with Crippen LogP contribution >= 0.6 is 23.5 Å². The number of rotatable bonds is 3. The van der Waals surface area contributed by atoms with Gasteiger partial charge in [0, 0.05) is 41.6 Å².